The zero-order valence-corrected chi connectivity index (χ0v) is 19.4. The topological polar surface area (TPSA) is 115 Å². The van der Waals surface area contributed by atoms with Crippen LogP contribution in [0.5, 0.6) is 6.01 Å². The molecule has 1 fully saturated rings. The molecule has 0 unspecified atom stereocenters. The first-order chi connectivity index (χ1) is 16.7. The molecule has 2 aromatic heterocycles. The van der Waals surface area contributed by atoms with Gasteiger partial charge < -0.3 is 19.7 Å². The summed E-state index contributed by atoms with van der Waals surface area (Å²) >= 11 is 0. The van der Waals surface area contributed by atoms with E-state index in [1.807, 2.05) is 17.0 Å². The van der Waals surface area contributed by atoms with Gasteiger partial charge in [0, 0.05) is 43.6 Å². The van der Waals surface area contributed by atoms with E-state index in [4.69, 9.17) is 9.47 Å². The highest BCUT2D eigenvalue weighted by atomic mass is 19.4. The van der Waals surface area contributed by atoms with Crippen LogP contribution in [0.25, 0.3) is 0 Å². The SMILES string of the molecule is COC[C@@H](C)Oc1nc(C(=O)NCC(F)(F)F)nc(N2CCC(C3=NCc4ncccc43)CC2)n1. The molecule has 0 bridgehead atoms. The molecule has 0 spiro atoms. The Morgan fingerprint density at radius 2 is 2.03 bits per heavy atom. The van der Waals surface area contributed by atoms with Crippen molar-refractivity contribution in [1.82, 2.24) is 25.3 Å². The second-order valence-corrected chi connectivity index (χ2v) is 8.38. The number of methoxy groups -OCH3 is 1. The van der Waals surface area contributed by atoms with E-state index in [1.165, 1.54) is 7.11 Å². The molecule has 1 atom stereocenters. The average Bonchev–Trinajstić information content (AvgIpc) is 3.26. The summed E-state index contributed by atoms with van der Waals surface area (Å²) in [6, 6.07) is 3.78. The van der Waals surface area contributed by atoms with Crippen molar-refractivity contribution in [1.29, 1.82) is 0 Å². The van der Waals surface area contributed by atoms with Crippen LogP contribution in [0.4, 0.5) is 19.1 Å². The number of aliphatic imine (C=N–C) groups is 1. The van der Waals surface area contributed by atoms with Gasteiger partial charge in [0.2, 0.25) is 11.8 Å². The number of aromatic nitrogens is 4. The van der Waals surface area contributed by atoms with E-state index in [0.717, 1.165) is 29.8 Å². The minimum atomic E-state index is -4.56. The van der Waals surface area contributed by atoms with Crippen molar-refractivity contribution in [3.63, 3.8) is 0 Å². The van der Waals surface area contributed by atoms with Crippen LogP contribution >= 0.6 is 0 Å². The Kier molecular flexibility index (Phi) is 7.43. The minimum Gasteiger partial charge on any atom is -0.458 e. The number of fused-ring (bicyclic) bond motifs is 1. The largest absolute Gasteiger partial charge is 0.458 e. The zero-order chi connectivity index (χ0) is 25.0. The van der Waals surface area contributed by atoms with Crippen LogP contribution in [0.3, 0.4) is 0 Å². The van der Waals surface area contributed by atoms with Gasteiger partial charge in [0.05, 0.1) is 18.8 Å². The Morgan fingerprint density at radius 3 is 2.74 bits per heavy atom. The summed E-state index contributed by atoms with van der Waals surface area (Å²) in [5.41, 5.74) is 3.11. The van der Waals surface area contributed by atoms with E-state index in [2.05, 4.69) is 24.9 Å². The number of piperidine rings is 1. The van der Waals surface area contributed by atoms with Gasteiger partial charge in [-0.3, -0.25) is 14.8 Å². The van der Waals surface area contributed by atoms with Crippen molar-refractivity contribution < 1.29 is 27.4 Å². The Bertz CT molecular complexity index is 1090. The van der Waals surface area contributed by atoms with Gasteiger partial charge in [-0.1, -0.05) is 0 Å². The monoisotopic (exact) mass is 493 g/mol. The quantitative estimate of drug-likeness (QED) is 0.595. The molecule has 0 radical (unpaired) electrons. The molecule has 0 aromatic carbocycles. The van der Waals surface area contributed by atoms with Crippen LogP contribution in [0.1, 0.15) is 41.6 Å². The number of ether oxygens (including phenoxy) is 2. The fourth-order valence-electron chi connectivity index (χ4n) is 4.09. The number of alkyl halides is 3. The van der Waals surface area contributed by atoms with E-state index in [-0.39, 0.29) is 24.5 Å². The number of carbonyl (C=O) groups excluding carboxylic acids is 1. The maximum atomic E-state index is 12.6. The predicted octanol–water partition coefficient (Wildman–Crippen LogP) is 2.19. The van der Waals surface area contributed by atoms with Gasteiger partial charge in [0.25, 0.3) is 5.91 Å². The Morgan fingerprint density at radius 1 is 1.26 bits per heavy atom. The molecule has 1 amide bonds. The highest BCUT2D eigenvalue weighted by Gasteiger charge is 2.31. The van der Waals surface area contributed by atoms with Crippen LogP contribution in [0, 0.1) is 5.92 Å². The molecular formula is C22H26F3N7O3. The van der Waals surface area contributed by atoms with Gasteiger partial charge in [-0.2, -0.15) is 28.1 Å². The number of nitrogens with one attached hydrogen (secondary N) is 1. The fraction of sp³-hybridized carbons (Fsp3) is 0.545. The third kappa shape index (κ3) is 6.21. The lowest BCUT2D eigenvalue weighted by Gasteiger charge is -2.32. The summed E-state index contributed by atoms with van der Waals surface area (Å²) in [5, 5.41) is 1.79. The normalized spacial score (nSPS) is 17.1. The second-order valence-electron chi connectivity index (χ2n) is 8.38. The molecule has 4 rings (SSSR count). The molecule has 2 aliphatic heterocycles. The van der Waals surface area contributed by atoms with Gasteiger partial charge in [0.1, 0.15) is 12.6 Å². The first-order valence-electron chi connectivity index (χ1n) is 11.2. The number of amides is 1. The van der Waals surface area contributed by atoms with E-state index >= 15 is 0 Å². The molecule has 2 aliphatic rings. The number of rotatable bonds is 8. The molecule has 10 nitrogen and oxygen atoms in total. The summed E-state index contributed by atoms with van der Waals surface area (Å²) in [5.74, 6) is -1.09. The number of carbonyl (C=O) groups is 1. The number of anilines is 1. The molecule has 0 saturated carbocycles. The van der Waals surface area contributed by atoms with E-state index in [9.17, 15) is 18.0 Å². The number of hydrogen-bond donors (Lipinski definition) is 1. The van der Waals surface area contributed by atoms with E-state index < -0.39 is 30.6 Å². The van der Waals surface area contributed by atoms with Gasteiger partial charge >= 0.3 is 12.2 Å². The third-order valence-corrected chi connectivity index (χ3v) is 5.69. The standard InChI is InChI=1S/C22H26F3N7O3/c1-13(11-34-2)35-21-30-18(19(33)28-12-22(23,24)25)29-20(31-21)32-8-5-14(6-9-32)17-15-4-3-7-26-16(15)10-27-17/h3-4,7,13-14H,5-6,8-12H2,1-2H3,(H,28,33)/t13-/m1/s1. The smallest absolute Gasteiger partial charge is 0.405 e. The Hall–Kier alpha value is -3.35. The predicted molar refractivity (Wildman–Crippen MR) is 120 cm³/mol. The highest BCUT2D eigenvalue weighted by molar-refractivity contribution is 6.04. The van der Waals surface area contributed by atoms with Crippen LogP contribution < -0.4 is 15.0 Å². The first-order valence-corrected chi connectivity index (χ1v) is 11.2. The summed E-state index contributed by atoms with van der Waals surface area (Å²) in [7, 11) is 1.50. The third-order valence-electron chi connectivity index (χ3n) is 5.69. The van der Waals surface area contributed by atoms with Crippen molar-refractivity contribution >= 4 is 17.6 Å². The van der Waals surface area contributed by atoms with E-state index in [0.29, 0.717) is 19.6 Å². The molecule has 2 aromatic rings. The van der Waals surface area contributed by atoms with Crippen LogP contribution in [0.15, 0.2) is 23.3 Å². The second kappa shape index (κ2) is 10.5. The van der Waals surface area contributed by atoms with Crippen molar-refractivity contribution in [3.05, 3.63) is 35.4 Å². The minimum absolute atomic E-state index is 0.154. The average molecular weight is 493 g/mol. The van der Waals surface area contributed by atoms with Crippen molar-refractivity contribution in [2.75, 3.05) is 38.3 Å². The van der Waals surface area contributed by atoms with Gasteiger partial charge in [-0.25, -0.2) is 0 Å². The Balaban J connectivity index is 1.49. The molecule has 4 heterocycles. The van der Waals surface area contributed by atoms with Crippen LogP contribution in [-0.2, 0) is 11.3 Å². The fourth-order valence-corrected chi connectivity index (χ4v) is 4.09. The van der Waals surface area contributed by atoms with Gasteiger partial charge in [-0.05, 0) is 31.9 Å². The number of nitrogens with zero attached hydrogens (tertiary/aromatic N) is 6. The zero-order valence-electron chi connectivity index (χ0n) is 19.4. The lowest BCUT2D eigenvalue weighted by atomic mass is 9.88. The molecule has 0 aliphatic carbocycles. The van der Waals surface area contributed by atoms with Gasteiger partial charge in [0.15, 0.2) is 0 Å². The summed E-state index contributed by atoms with van der Waals surface area (Å²) in [6.07, 6.45) is -1.70. The van der Waals surface area contributed by atoms with Crippen molar-refractivity contribution in [2.24, 2.45) is 10.9 Å². The van der Waals surface area contributed by atoms with Gasteiger partial charge in [-0.15, -0.1) is 0 Å². The number of halogens is 3. The molecule has 35 heavy (non-hydrogen) atoms. The highest BCUT2D eigenvalue weighted by Crippen LogP contribution is 2.29. The van der Waals surface area contributed by atoms with Crippen LogP contribution in [0.2, 0.25) is 0 Å². The molecule has 1 N–H and O–H groups in total. The maximum absolute atomic E-state index is 12.6. The Labute approximate surface area is 200 Å². The summed E-state index contributed by atoms with van der Waals surface area (Å²) < 4.78 is 48.4. The summed E-state index contributed by atoms with van der Waals surface area (Å²) in [6.45, 7) is 2.18. The van der Waals surface area contributed by atoms with Crippen molar-refractivity contribution in [2.45, 2.75) is 38.6 Å². The molecule has 13 heteroatoms. The van der Waals surface area contributed by atoms with Crippen molar-refractivity contribution in [3.8, 4) is 6.01 Å². The first kappa shape index (κ1) is 24.8. The summed E-state index contributed by atoms with van der Waals surface area (Å²) in [4.78, 5) is 35.7. The maximum Gasteiger partial charge on any atom is 0.405 e. The molecule has 1 saturated heterocycles. The molecule has 188 valence electrons. The number of hydrogen-bond acceptors (Lipinski definition) is 9. The number of pyridine rings is 1. The van der Waals surface area contributed by atoms with Crippen LogP contribution in [-0.4, -0.2) is 77.2 Å². The lowest BCUT2D eigenvalue weighted by molar-refractivity contribution is -0.123. The van der Waals surface area contributed by atoms with E-state index in [1.54, 1.807) is 18.4 Å². The molecular weight excluding hydrogens is 467 g/mol. The lowest BCUT2D eigenvalue weighted by Crippen LogP contribution is -2.39.